The van der Waals surface area contributed by atoms with E-state index in [2.05, 4.69) is 31.3 Å². The molecule has 0 aromatic heterocycles. The van der Waals surface area contributed by atoms with Gasteiger partial charge in [0.25, 0.3) is 0 Å². The Labute approximate surface area is 519 Å². The molecule has 0 aromatic rings. The van der Waals surface area contributed by atoms with Gasteiger partial charge in [0.1, 0.15) is 13.2 Å². The van der Waals surface area contributed by atoms with Crippen LogP contribution in [0.2, 0.25) is 0 Å². The number of phosphoric ester groups is 1. The van der Waals surface area contributed by atoms with Crippen LogP contribution in [0.4, 0.5) is 0 Å². The van der Waals surface area contributed by atoms with Crippen molar-refractivity contribution >= 4 is 13.7 Å². The Bertz CT molecular complexity index is 1400. The maximum Gasteiger partial charge on any atom is 0.472 e. The van der Waals surface area contributed by atoms with Crippen molar-refractivity contribution in [1.29, 1.82) is 0 Å². The van der Waals surface area contributed by atoms with Gasteiger partial charge in [0.15, 0.2) is 0 Å². The maximum atomic E-state index is 13.1. The van der Waals surface area contributed by atoms with Crippen LogP contribution in [0.25, 0.3) is 0 Å². The number of phosphoric acid groups is 1. The van der Waals surface area contributed by atoms with Gasteiger partial charge in [0.05, 0.1) is 39.9 Å². The van der Waals surface area contributed by atoms with Gasteiger partial charge in [-0.2, -0.15) is 0 Å². The summed E-state index contributed by atoms with van der Waals surface area (Å²) in [4.78, 5) is 23.4. The Morgan fingerprint density at radius 1 is 0.398 bits per heavy atom. The molecule has 0 aliphatic carbocycles. The lowest BCUT2D eigenvalue weighted by Crippen LogP contribution is -2.45. The lowest BCUT2D eigenvalue weighted by atomic mass is 10.0. The van der Waals surface area contributed by atoms with Crippen molar-refractivity contribution in [2.24, 2.45) is 0 Å². The highest BCUT2D eigenvalue weighted by molar-refractivity contribution is 7.47. The van der Waals surface area contributed by atoms with Crippen LogP contribution in [-0.4, -0.2) is 73.4 Å². The van der Waals surface area contributed by atoms with Gasteiger partial charge < -0.3 is 19.8 Å². The number of hydrogen-bond acceptors (Lipinski definition) is 5. The van der Waals surface area contributed by atoms with Crippen molar-refractivity contribution < 1.29 is 32.9 Å². The molecule has 494 valence electrons. The topological polar surface area (TPSA) is 105 Å². The van der Waals surface area contributed by atoms with Gasteiger partial charge in [-0.15, -0.1) is 0 Å². The fraction of sp³-hybridized carbons (Fsp3) is 0.932. The number of likely N-dealkylation sites (N-methyl/N-ethyl adjacent to an activating group) is 1. The molecule has 0 fully saturated rings. The average molecular weight is 1190 g/mol. The zero-order chi connectivity index (χ0) is 60.5. The fourth-order valence-electron chi connectivity index (χ4n) is 11.7. The summed E-state index contributed by atoms with van der Waals surface area (Å²) < 4.78 is 23.8. The number of allylic oxidation sites excluding steroid dienone is 3. The van der Waals surface area contributed by atoms with E-state index < -0.39 is 20.0 Å². The van der Waals surface area contributed by atoms with Crippen LogP contribution in [0, 0.1) is 0 Å². The van der Waals surface area contributed by atoms with Gasteiger partial charge in [-0.3, -0.25) is 13.8 Å². The van der Waals surface area contributed by atoms with Crippen molar-refractivity contribution in [1.82, 2.24) is 5.32 Å². The Kier molecular flexibility index (Phi) is 64.6. The molecular weight excluding hydrogens is 1040 g/mol. The Balaban J connectivity index is 3.96. The Morgan fingerprint density at radius 2 is 0.663 bits per heavy atom. The van der Waals surface area contributed by atoms with Gasteiger partial charge >= 0.3 is 7.82 Å². The SMILES string of the molecule is CCCCCCCCCCCCCCCCCCCC/C=C/CC/C=C/C(O)C(COP(=O)(O)OCC[N+](C)(C)C)NC(=O)CCCCCCCCCCCCCCCCCCCCCCCCCCCCCCCCCCCCCCC. The molecule has 3 N–H and O–H groups in total. The summed E-state index contributed by atoms with van der Waals surface area (Å²) in [6, 6.07) is -0.862. The van der Waals surface area contributed by atoms with E-state index in [0.29, 0.717) is 17.4 Å². The first-order chi connectivity index (χ1) is 40.5. The molecule has 0 saturated carbocycles. The number of carbonyl (C=O) groups is 1. The number of unbranched alkanes of at least 4 members (excludes halogenated alkanes) is 55. The second kappa shape index (κ2) is 65.4. The smallest absolute Gasteiger partial charge is 0.387 e. The van der Waals surface area contributed by atoms with Crippen molar-refractivity contribution in [3.05, 3.63) is 24.3 Å². The third kappa shape index (κ3) is 68.3. The molecule has 0 heterocycles. The summed E-state index contributed by atoms with van der Waals surface area (Å²) in [7, 11) is 1.58. The number of nitrogens with one attached hydrogen (secondary N) is 1. The Morgan fingerprint density at radius 3 is 0.964 bits per heavy atom. The molecule has 0 aliphatic heterocycles. The van der Waals surface area contributed by atoms with E-state index in [4.69, 9.17) is 9.05 Å². The zero-order valence-corrected chi connectivity index (χ0v) is 57.6. The van der Waals surface area contributed by atoms with Crippen LogP contribution in [0.1, 0.15) is 393 Å². The van der Waals surface area contributed by atoms with E-state index in [1.807, 2.05) is 27.2 Å². The lowest BCUT2D eigenvalue weighted by Gasteiger charge is -2.25. The lowest BCUT2D eigenvalue weighted by molar-refractivity contribution is -0.870. The monoisotopic (exact) mass is 1190 g/mol. The molecule has 0 radical (unpaired) electrons. The number of rotatable bonds is 70. The van der Waals surface area contributed by atoms with Crippen molar-refractivity contribution in [2.45, 2.75) is 405 Å². The second-order valence-corrected chi connectivity index (χ2v) is 28.5. The third-order valence-electron chi connectivity index (χ3n) is 17.4. The van der Waals surface area contributed by atoms with Crippen LogP contribution in [0.15, 0.2) is 24.3 Å². The normalized spacial score (nSPS) is 13.7. The zero-order valence-electron chi connectivity index (χ0n) is 56.7. The molecule has 83 heavy (non-hydrogen) atoms. The number of aliphatic hydroxyl groups is 1. The first kappa shape index (κ1) is 82.0. The molecule has 0 bridgehead atoms. The molecule has 0 aromatic carbocycles. The average Bonchev–Trinajstić information content (AvgIpc) is 3.50. The largest absolute Gasteiger partial charge is 0.472 e. The van der Waals surface area contributed by atoms with E-state index in [-0.39, 0.29) is 19.1 Å². The molecule has 1 amide bonds. The molecular formula is C74H148N2O6P+. The van der Waals surface area contributed by atoms with Crippen molar-refractivity contribution in [3.8, 4) is 0 Å². The van der Waals surface area contributed by atoms with Crippen LogP contribution < -0.4 is 5.32 Å². The summed E-state index contributed by atoms with van der Waals surface area (Å²) in [6.45, 7) is 4.86. The van der Waals surface area contributed by atoms with Crippen LogP contribution >= 0.6 is 7.82 Å². The predicted octanol–water partition coefficient (Wildman–Crippen LogP) is 23.8. The first-order valence-corrected chi connectivity index (χ1v) is 38.7. The van der Waals surface area contributed by atoms with Crippen molar-refractivity contribution in [3.63, 3.8) is 0 Å². The molecule has 3 atom stereocenters. The Hall–Kier alpha value is -1.02. The molecule has 0 spiro atoms. The predicted molar refractivity (Wildman–Crippen MR) is 365 cm³/mol. The van der Waals surface area contributed by atoms with E-state index in [0.717, 1.165) is 38.5 Å². The van der Waals surface area contributed by atoms with Crippen LogP contribution in [-0.2, 0) is 18.4 Å². The van der Waals surface area contributed by atoms with Crippen LogP contribution in [0.3, 0.4) is 0 Å². The molecule has 0 aliphatic rings. The number of aliphatic hydroxyl groups excluding tert-OH is 1. The summed E-state index contributed by atoms with van der Waals surface area (Å²) >= 11 is 0. The van der Waals surface area contributed by atoms with E-state index in [9.17, 15) is 19.4 Å². The highest BCUT2D eigenvalue weighted by Crippen LogP contribution is 2.43. The summed E-state index contributed by atoms with van der Waals surface area (Å²) in [5.41, 5.74) is 0. The molecule has 9 heteroatoms. The quantitative estimate of drug-likeness (QED) is 0.0243. The number of carbonyl (C=O) groups excluding carboxylic acids is 1. The molecule has 3 unspecified atom stereocenters. The van der Waals surface area contributed by atoms with Crippen LogP contribution in [0.5, 0.6) is 0 Å². The van der Waals surface area contributed by atoms with Gasteiger partial charge in [-0.1, -0.05) is 378 Å². The second-order valence-electron chi connectivity index (χ2n) is 27.0. The minimum absolute atomic E-state index is 0.0591. The molecule has 0 rings (SSSR count). The summed E-state index contributed by atoms with van der Waals surface area (Å²) in [6.07, 6.45) is 86.5. The highest BCUT2D eigenvalue weighted by atomic mass is 31.2. The summed E-state index contributed by atoms with van der Waals surface area (Å²) in [5.74, 6) is -0.177. The minimum Gasteiger partial charge on any atom is -0.387 e. The molecule has 8 nitrogen and oxygen atoms in total. The summed E-state index contributed by atoms with van der Waals surface area (Å²) in [5, 5.41) is 14.0. The minimum atomic E-state index is -4.36. The first-order valence-electron chi connectivity index (χ1n) is 37.2. The highest BCUT2D eigenvalue weighted by Gasteiger charge is 2.28. The number of amides is 1. The van der Waals surface area contributed by atoms with Gasteiger partial charge in [0, 0.05) is 6.42 Å². The third-order valence-corrected chi connectivity index (χ3v) is 18.4. The maximum absolute atomic E-state index is 13.1. The number of nitrogens with zero attached hydrogens (tertiary/aromatic N) is 1. The van der Waals surface area contributed by atoms with E-state index in [1.165, 1.54) is 334 Å². The van der Waals surface area contributed by atoms with Crippen molar-refractivity contribution in [2.75, 3.05) is 40.9 Å². The van der Waals surface area contributed by atoms with E-state index in [1.54, 1.807) is 6.08 Å². The van der Waals surface area contributed by atoms with E-state index >= 15 is 0 Å². The van der Waals surface area contributed by atoms with Gasteiger partial charge in [-0.05, 0) is 32.1 Å². The number of hydrogen-bond donors (Lipinski definition) is 3. The fourth-order valence-corrected chi connectivity index (χ4v) is 12.4. The standard InChI is InChI=1S/C74H147N2O6P/c1-6-8-10-12-14-16-18-20-22-24-26-28-30-32-33-34-35-36-37-38-39-40-41-42-43-44-46-48-50-52-54-56-58-60-62-64-66-68-74(78)75-72(71-82-83(79,80)81-70-69-76(3,4)5)73(77)67-65-63-61-59-57-55-53-51-49-47-45-31-29-27-25-23-21-19-17-15-13-11-9-7-2/h57,59,65,67,72-73,77H,6-56,58,60-64,66,68-71H2,1-5H3,(H-,75,78,79,80)/p+1/b59-57+,67-65+. The number of quaternary nitrogens is 1. The van der Waals surface area contributed by atoms with Gasteiger partial charge in [-0.25, -0.2) is 4.57 Å². The van der Waals surface area contributed by atoms with Gasteiger partial charge in [0.2, 0.25) is 5.91 Å². The molecule has 0 saturated heterocycles.